The van der Waals surface area contributed by atoms with Crippen molar-refractivity contribution in [1.29, 1.82) is 0 Å². The number of anilines is 1. The van der Waals surface area contributed by atoms with E-state index in [1.54, 1.807) is 42.6 Å². The number of benzene rings is 1. The summed E-state index contributed by atoms with van der Waals surface area (Å²) in [7, 11) is 3.83. The molecule has 33 heavy (non-hydrogen) atoms. The van der Waals surface area contributed by atoms with Crippen LogP contribution in [0.2, 0.25) is 5.02 Å². The van der Waals surface area contributed by atoms with Crippen LogP contribution >= 0.6 is 22.9 Å². The predicted molar refractivity (Wildman–Crippen MR) is 133 cm³/mol. The van der Waals surface area contributed by atoms with E-state index in [-0.39, 0.29) is 5.91 Å². The van der Waals surface area contributed by atoms with Crippen LogP contribution in [0.15, 0.2) is 34.6 Å². The Balaban J connectivity index is 1.59. The zero-order valence-electron chi connectivity index (χ0n) is 19.9. The second-order valence-electron chi connectivity index (χ2n) is 9.30. The summed E-state index contributed by atoms with van der Waals surface area (Å²) in [6.45, 7) is 9.54. The smallest absolute Gasteiger partial charge is 0.319 e. The lowest BCUT2D eigenvalue weighted by molar-refractivity contribution is -0.137. The van der Waals surface area contributed by atoms with Crippen LogP contribution in [-0.4, -0.2) is 65.6 Å². The molecule has 2 heterocycles. The molecule has 8 nitrogen and oxygen atoms in total. The molecular formula is C23H33ClN6O2S. The van der Waals surface area contributed by atoms with Crippen LogP contribution in [0, 0.1) is 5.41 Å². The lowest BCUT2D eigenvalue weighted by atomic mass is 9.85. The van der Waals surface area contributed by atoms with Crippen LogP contribution in [0.1, 0.15) is 26.5 Å². The van der Waals surface area contributed by atoms with E-state index in [4.69, 9.17) is 11.6 Å². The highest BCUT2D eigenvalue weighted by atomic mass is 35.5. The highest BCUT2D eigenvalue weighted by molar-refractivity contribution is 7.07. The summed E-state index contributed by atoms with van der Waals surface area (Å²) in [4.78, 5) is 35.5. The lowest BCUT2D eigenvalue weighted by Crippen LogP contribution is -2.59. The Bertz CT molecular complexity index is 1030. The van der Waals surface area contributed by atoms with Crippen LogP contribution in [-0.2, 0) is 18.4 Å². The molecule has 0 bridgehead atoms. The van der Waals surface area contributed by atoms with Gasteiger partial charge in [-0.15, -0.1) is 11.3 Å². The van der Waals surface area contributed by atoms with E-state index < -0.39 is 17.5 Å². The van der Waals surface area contributed by atoms with Gasteiger partial charge in [-0.25, -0.2) is 4.79 Å². The number of thiazole rings is 1. The van der Waals surface area contributed by atoms with Gasteiger partial charge >= 0.3 is 6.03 Å². The molecule has 0 saturated carbocycles. The first-order chi connectivity index (χ1) is 15.6. The summed E-state index contributed by atoms with van der Waals surface area (Å²) in [5.74, 6) is -0.0541. The van der Waals surface area contributed by atoms with Crippen LogP contribution < -0.4 is 15.4 Å². The number of halogens is 1. The number of amides is 3. The molecule has 1 aliphatic rings. The fourth-order valence-electron chi connectivity index (χ4n) is 3.77. The third kappa shape index (κ3) is 6.59. The number of carbonyl (C=O) groups excluding carboxylic acids is 2. The van der Waals surface area contributed by atoms with Gasteiger partial charge in [0.2, 0.25) is 5.91 Å². The molecule has 1 saturated heterocycles. The molecular weight excluding hydrogens is 460 g/mol. The first-order valence-corrected chi connectivity index (χ1v) is 12.2. The van der Waals surface area contributed by atoms with Gasteiger partial charge in [0.05, 0.1) is 0 Å². The van der Waals surface area contributed by atoms with Gasteiger partial charge in [-0.3, -0.25) is 14.7 Å². The first kappa shape index (κ1) is 25.3. The van der Waals surface area contributed by atoms with E-state index in [2.05, 4.69) is 30.5 Å². The largest absolute Gasteiger partial charge is 0.338 e. The molecule has 2 N–H and O–H groups in total. The van der Waals surface area contributed by atoms with E-state index in [9.17, 15) is 9.59 Å². The number of hydrogen-bond donors (Lipinski definition) is 2. The summed E-state index contributed by atoms with van der Waals surface area (Å²) in [6, 6.07) is 5.81. The highest BCUT2D eigenvalue weighted by Crippen LogP contribution is 2.23. The molecule has 3 amide bonds. The van der Waals surface area contributed by atoms with E-state index in [0.717, 1.165) is 24.4 Å². The van der Waals surface area contributed by atoms with Crippen molar-refractivity contribution < 1.29 is 9.59 Å². The molecule has 1 aromatic carbocycles. The molecule has 1 fully saturated rings. The van der Waals surface area contributed by atoms with Crippen molar-refractivity contribution in [1.82, 2.24) is 19.7 Å². The van der Waals surface area contributed by atoms with Crippen molar-refractivity contribution >= 4 is 40.6 Å². The topological polar surface area (TPSA) is 82.0 Å². The maximum absolute atomic E-state index is 13.4. The van der Waals surface area contributed by atoms with Gasteiger partial charge in [0.15, 0.2) is 4.80 Å². The van der Waals surface area contributed by atoms with Crippen molar-refractivity contribution in [2.75, 3.05) is 38.5 Å². The van der Waals surface area contributed by atoms with E-state index in [0.29, 0.717) is 23.8 Å². The normalized spacial score (nSPS) is 16.5. The van der Waals surface area contributed by atoms with Crippen molar-refractivity contribution in [2.45, 2.75) is 33.4 Å². The standard InChI is InChI=1S/C23H33ClN6O2S/c1-23(2,3)19(27-21(32)26-17-8-6-16(24)7-9-17)20(31)30-12-10-29(11-13-30)14-18-15-33-22(25-4)28(18)5/h6-9,15,19H,10-14H2,1-5H3,(H2,26,27,32)/b25-22-/t19-/m0/s1. The third-order valence-electron chi connectivity index (χ3n) is 5.77. The number of piperazine rings is 1. The minimum atomic E-state index is -0.639. The Labute approximate surface area is 204 Å². The quantitative estimate of drug-likeness (QED) is 0.672. The molecule has 1 atom stereocenters. The first-order valence-electron chi connectivity index (χ1n) is 11.0. The molecule has 1 aliphatic heterocycles. The van der Waals surface area contributed by atoms with Crippen LogP contribution in [0.3, 0.4) is 0 Å². The molecule has 10 heteroatoms. The molecule has 180 valence electrons. The number of hydrogen-bond acceptors (Lipinski definition) is 5. The van der Waals surface area contributed by atoms with Gasteiger partial charge in [-0.2, -0.15) is 0 Å². The molecule has 3 rings (SSSR count). The number of carbonyl (C=O) groups is 2. The second-order valence-corrected chi connectivity index (χ2v) is 10.6. The average molecular weight is 493 g/mol. The summed E-state index contributed by atoms with van der Waals surface area (Å²) >= 11 is 7.54. The molecule has 1 aromatic heterocycles. The molecule has 0 spiro atoms. The summed E-state index contributed by atoms with van der Waals surface area (Å²) in [6.07, 6.45) is 0. The fraction of sp³-hybridized carbons (Fsp3) is 0.522. The maximum Gasteiger partial charge on any atom is 0.319 e. The van der Waals surface area contributed by atoms with Crippen LogP contribution in [0.4, 0.5) is 10.5 Å². The van der Waals surface area contributed by atoms with Crippen molar-refractivity contribution in [2.24, 2.45) is 17.5 Å². The third-order valence-corrected chi connectivity index (χ3v) is 7.08. The van der Waals surface area contributed by atoms with E-state index >= 15 is 0 Å². The molecule has 0 radical (unpaired) electrons. The van der Waals surface area contributed by atoms with Gasteiger partial charge in [0.25, 0.3) is 0 Å². The van der Waals surface area contributed by atoms with Crippen molar-refractivity contribution in [3.8, 4) is 0 Å². The van der Waals surface area contributed by atoms with Crippen LogP contribution in [0.25, 0.3) is 0 Å². The van der Waals surface area contributed by atoms with Gasteiger partial charge in [-0.1, -0.05) is 32.4 Å². The molecule has 2 aromatic rings. The van der Waals surface area contributed by atoms with Gasteiger partial charge in [0, 0.05) is 68.6 Å². The Morgan fingerprint density at radius 2 is 1.79 bits per heavy atom. The van der Waals surface area contributed by atoms with Gasteiger partial charge in [0.1, 0.15) is 6.04 Å². The van der Waals surface area contributed by atoms with Crippen molar-refractivity contribution in [3.63, 3.8) is 0 Å². The molecule has 0 aliphatic carbocycles. The van der Waals surface area contributed by atoms with Crippen molar-refractivity contribution in [3.05, 3.63) is 45.2 Å². The van der Waals surface area contributed by atoms with Gasteiger partial charge < -0.3 is 20.1 Å². The number of urea groups is 1. The highest BCUT2D eigenvalue weighted by Gasteiger charge is 2.36. The molecule has 0 unspecified atom stereocenters. The SMILES string of the molecule is C/N=c1\scc(CN2CCN(C(=O)[C@H](NC(=O)Nc3ccc(Cl)cc3)C(C)(C)C)CC2)n1C. The zero-order chi connectivity index (χ0) is 24.2. The van der Waals surface area contributed by atoms with E-state index in [1.807, 2.05) is 32.7 Å². The minimum absolute atomic E-state index is 0.0541. The van der Waals surface area contributed by atoms with Gasteiger partial charge in [-0.05, 0) is 29.7 Å². The fourth-order valence-corrected chi connectivity index (χ4v) is 4.75. The second kappa shape index (κ2) is 10.7. The van der Waals surface area contributed by atoms with E-state index in [1.165, 1.54) is 5.69 Å². The Morgan fingerprint density at radius 1 is 1.15 bits per heavy atom. The summed E-state index contributed by atoms with van der Waals surface area (Å²) in [5, 5.41) is 8.40. The number of aromatic nitrogens is 1. The average Bonchev–Trinajstić information content (AvgIpc) is 3.12. The Kier molecular flexibility index (Phi) is 8.20. The Morgan fingerprint density at radius 3 is 2.33 bits per heavy atom. The number of rotatable bonds is 5. The zero-order valence-corrected chi connectivity index (χ0v) is 21.5. The predicted octanol–water partition coefficient (Wildman–Crippen LogP) is 3.15. The summed E-state index contributed by atoms with van der Waals surface area (Å²) < 4.78 is 2.11. The monoisotopic (exact) mass is 492 g/mol. The number of nitrogens with zero attached hydrogens (tertiary/aromatic N) is 4. The lowest BCUT2D eigenvalue weighted by Gasteiger charge is -2.39. The van der Waals surface area contributed by atoms with Crippen LogP contribution in [0.5, 0.6) is 0 Å². The minimum Gasteiger partial charge on any atom is -0.338 e. The Hall–Kier alpha value is -2.36. The maximum atomic E-state index is 13.4. The summed E-state index contributed by atoms with van der Waals surface area (Å²) in [5.41, 5.74) is 1.40. The number of nitrogens with one attached hydrogen (secondary N) is 2.